The number of carbonyl (C=O) groups excluding carboxylic acids is 2. The smallest absolute Gasteiger partial charge is 0.306 e. The first-order chi connectivity index (χ1) is 23.4. The summed E-state index contributed by atoms with van der Waals surface area (Å²) in [5.41, 5.74) is 0. The summed E-state index contributed by atoms with van der Waals surface area (Å²) in [5.74, 6) is 0.117. The van der Waals surface area contributed by atoms with Gasteiger partial charge in [-0.1, -0.05) is 166 Å². The number of unbranched alkanes of at least 4 members (excludes halogenated alkanes) is 16. The molecule has 0 saturated carbocycles. The zero-order chi connectivity index (χ0) is 35.3. The minimum Gasteiger partial charge on any atom is -0.462 e. The third-order valence-electron chi connectivity index (χ3n) is 8.38. The molecule has 0 rings (SSSR count). The molecule has 0 spiro atoms. The van der Waals surface area contributed by atoms with Crippen LogP contribution in [-0.4, -0.2) is 47.6 Å². The summed E-state index contributed by atoms with van der Waals surface area (Å²) < 4.78 is 10.5. The lowest BCUT2D eigenvalue weighted by Gasteiger charge is -2.15. The predicted molar refractivity (Wildman–Crippen MR) is 202 cm³/mol. The fraction of sp³-hybridized carbons (Fsp3) is 0.762. The summed E-state index contributed by atoms with van der Waals surface area (Å²) in [5, 5.41) is 19.6. The summed E-state index contributed by atoms with van der Waals surface area (Å²) >= 11 is 0. The normalized spacial score (nSPS) is 13.5. The molecule has 48 heavy (non-hydrogen) atoms. The number of hydrogen-bond donors (Lipinski definition) is 2. The molecular formula is C42H74O6. The maximum atomic E-state index is 12.2. The van der Waals surface area contributed by atoms with Crippen molar-refractivity contribution in [2.24, 2.45) is 5.92 Å². The van der Waals surface area contributed by atoms with E-state index in [9.17, 15) is 19.8 Å². The van der Waals surface area contributed by atoms with E-state index in [-0.39, 0.29) is 31.6 Å². The molecule has 0 radical (unpaired) electrons. The number of carbonyl (C=O) groups is 2. The van der Waals surface area contributed by atoms with Crippen molar-refractivity contribution >= 4 is 11.9 Å². The van der Waals surface area contributed by atoms with Crippen LogP contribution in [0.25, 0.3) is 0 Å². The first-order valence-corrected chi connectivity index (χ1v) is 19.7. The molecule has 0 aromatic heterocycles. The molecule has 0 aromatic carbocycles. The molecule has 2 atom stereocenters. The molecule has 0 fully saturated rings. The Morgan fingerprint density at radius 1 is 0.646 bits per heavy atom. The second-order valence-electron chi connectivity index (χ2n) is 13.7. The minimum absolute atomic E-state index is 0.126. The van der Waals surface area contributed by atoms with Gasteiger partial charge in [0.25, 0.3) is 0 Å². The number of ether oxygens (including phenoxy) is 2. The second kappa shape index (κ2) is 36.1. The van der Waals surface area contributed by atoms with Crippen LogP contribution in [0, 0.1) is 5.92 Å². The van der Waals surface area contributed by atoms with E-state index < -0.39 is 12.2 Å². The number of rotatable bonds is 34. The largest absolute Gasteiger partial charge is 0.462 e. The Kier molecular flexibility index (Phi) is 34.5. The van der Waals surface area contributed by atoms with Crippen molar-refractivity contribution < 1.29 is 29.3 Å². The van der Waals surface area contributed by atoms with Gasteiger partial charge in [-0.15, -0.1) is 0 Å². The third kappa shape index (κ3) is 35.1. The Bertz CT molecular complexity index is 843. The first kappa shape index (κ1) is 45.8. The number of allylic oxidation sites excluding steroid dienone is 6. The summed E-state index contributed by atoms with van der Waals surface area (Å²) in [6, 6.07) is 0. The van der Waals surface area contributed by atoms with E-state index in [1.165, 1.54) is 89.9 Å². The van der Waals surface area contributed by atoms with Gasteiger partial charge in [0.2, 0.25) is 0 Å². The van der Waals surface area contributed by atoms with Crippen LogP contribution in [0.1, 0.15) is 175 Å². The van der Waals surface area contributed by atoms with Crippen LogP contribution in [0.15, 0.2) is 48.6 Å². The molecule has 0 amide bonds. The fourth-order valence-electron chi connectivity index (χ4n) is 5.34. The predicted octanol–water partition coefficient (Wildman–Crippen LogP) is 11.1. The maximum absolute atomic E-state index is 12.2. The van der Waals surface area contributed by atoms with Crippen molar-refractivity contribution in [3.05, 3.63) is 48.6 Å². The molecule has 0 bridgehead atoms. The zero-order valence-electron chi connectivity index (χ0n) is 31.3. The van der Waals surface area contributed by atoms with E-state index in [0.717, 1.165) is 38.0 Å². The topological polar surface area (TPSA) is 93.1 Å². The van der Waals surface area contributed by atoms with E-state index in [4.69, 9.17) is 9.47 Å². The standard InChI is InChI=1S/C42H74O6/c1-4-5-6-7-8-14-18-22-27-32-39(44)33-28-23-20-25-29-34-41(45)47-37-40(36-43)48-42(46)35-30-24-19-16-13-11-9-10-12-15-17-21-26-31-38(2)3/h8,14,20,22-23,27-28,33,38-40,43-44H,4-7,9-13,15-19,21,24-26,29-32,34-37H2,1-3H3/b14-8-,23-20+,27-22-,33-28-/t39?,40-/m0/s1. The lowest BCUT2D eigenvalue weighted by Crippen LogP contribution is -2.28. The first-order valence-electron chi connectivity index (χ1n) is 19.7. The highest BCUT2D eigenvalue weighted by Gasteiger charge is 2.16. The van der Waals surface area contributed by atoms with E-state index in [1.54, 1.807) is 6.08 Å². The van der Waals surface area contributed by atoms with Crippen molar-refractivity contribution in [1.29, 1.82) is 0 Å². The summed E-state index contributed by atoms with van der Waals surface area (Å²) in [4.78, 5) is 24.2. The quantitative estimate of drug-likeness (QED) is 0.0305. The van der Waals surface area contributed by atoms with Gasteiger partial charge in [-0.05, 0) is 50.9 Å². The monoisotopic (exact) mass is 675 g/mol. The average Bonchev–Trinajstić information content (AvgIpc) is 3.06. The Balaban J connectivity index is 3.74. The molecule has 0 aliphatic carbocycles. The van der Waals surface area contributed by atoms with Gasteiger partial charge in [-0.3, -0.25) is 9.59 Å². The van der Waals surface area contributed by atoms with Crippen molar-refractivity contribution in [3.63, 3.8) is 0 Å². The van der Waals surface area contributed by atoms with Crippen LogP contribution in [0.5, 0.6) is 0 Å². The molecule has 0 aromatic rings. The van der Waals surface area contributed by atoms with E-state index in [0.29, 0.717) is 25.7 Å². The van der Waals surface area contributed by atoms with Gasteiger partial charge in [0, 0.05) is 12.8 Å². The summed E-state index contributed by atoms with van der Waals surface area (Å²) in [6.07, 6.45) is 40.6. The highest BCUT2D eigenvalue weighted by molar-refractivity contribution is 5.70. The summed E-state index contributed by atoms with van der Waals surface area (Å²) in [6.45, 7) is 6.32. The van der Waals surface area contributed by atoms with Crippen LogP contribution in [-0.2, 0) is 19.1 Å². The number of hydrogen-bond acceptors (Lipinski definition) is 6. The lowest BCUT2D eigenvalue weighted by atomic mass is 10.0. The van der Waals surface area contributed by atoms with Crippen molar-refractivity contribution in [1.82, 2.24) is 0 Å². The third-order valence-corrected chi connectivity index (χ3v) is 8.38. The van der Waals surface area contributed by atoms with Crippen LogP contribution in [0.3, 0.4) is 0 Å². The van der Waals surface area contributed by atoms with Crippen molar-refractivity contribution in [3.8, 4) is 0 Å². The van der Waals surface area contributed by atoms with Gasteiger partial charge in [0.15, 0.2) is 6.10 Å². The van der Waals surface area contributed by atoms with Gasteiger partial charge in [-0.25, -0.2) is 0 Å². The van der Waals surface area contributed by atoms with Gasteiger partial charge in [0.05, 0.1) is 12.7 Å². The molecular weight excluding hydrogens is 600 g/mol. The molecule has 1 unspecified atom stereocenters. The average molecular weight is 675 g/mol. The fourth-order valence-corrected chi connectivity index (χ4v) is 5.34. The Hall–Kier alpha value is -2.18. The lowest BCUT2D eigenvalue weighted by molar-refractivity contribution is -0.161. The van der Waals surface area contributed by atoms with E-state index >= 15 is 0 Å². The molecule has 6 heteroatoms. The van der Waals surface area contributed by atoms with Gasteiger partial charge in [-0.2, -0.15) is 0 Å². The SMILES string of the molecule is CCCCC/C=C\C/C=C\CC(O)/C=C\C=C\CCCC(=O)OC[C@H](CO)OC(=O)CCCCCCCCCCCCCCCC(C)C. The van der Waals surface area contributed by atoms with Crippen molar-refractivity contribution in [2.75, 3.05) is 13.2 Å². The van der Waals surface area contributed by atoms with E-state index in [1.807, 2.05) is 24.3 Å². The van der Waals surface area contributed by atoms with Crippen LogP contribution >= 0.6 is 0 Å². The molecule has 6 nitrogen and oxygen atoms in total. The maximum Gasteiger partial charge on any atom is 0.306 e. The Morgan fingerprint density at radius 3 is 1.85 bits per heavy atom. The molecule has 0 aliphatic heterocycles. The van der Waals surface area contributed by atoms with Crippen LogP contribution < -0.4 is 0 Å². The molecule has 0 heterocycles. The Labute approximate surface area is 295 Å². The highest BCUT2D eigenvalue weighted by Crippen LogP contribution is 2.15. The second-order valence-corrected chi connectivity index (χ2v) is 13.7. The minimum atomic E-state index is -0.820. The highest BCUT2D eigenvalue weighted by atomic mass is 16.6. The van der Waals surface area contributed by atoms with Crippen LogP contribution in [0.2, 0.25) is 0 Å². The van der Waals surface area contributed by atoms with Gasteiger partial charge in [0.1, 0.15) is 6.61 Å². The summed E-state index contributed by atoms with van der Waals surface area (Å²) in [7, 11) is 0. The van der Waals surface area contributed by atoms with Gasteiger partial charge >= 0.3 is 11.9 Å². The van der Waals surface area contributed by atoms with Crippen molar-refractivity contribution in [2.45, 2.75) is 187 Å². The van der Waals surface area contributed by atoms with Crippen LogP contribution in [0.4, 0.5) is 0 Å². The molecule has 0 saturated heterocycles. The molecule has 0 aliphatic rings. The number of aliphatic hydroxyl groups is 2. The van der Waals surface area contributed by atoms with Gasteiger partial charge < -0.3 is 19.7 Å². The number of esters is 2. The van der Waals surface area contributed by atoms with E-state index in [2.05, 4.69) is 39.0 Å². The molecule has 2 N–H and O–H groups in total. The zero-order valence-corrected chi connectivity index (χ0v) is 31.3. The Morgan fingerprint density at radius 2 is 1.23 bits per heavy atom. The molecule has 278 valence electrons. The number of aliphatic hydroxyl groups excluding tert-OH is 2.